The van der Waals surface area contributed by atoms with E-state index in [1.54, 1.807) is 12.1 Å². The molecular formula is C19H11ClF6N4O3. The van der Waals surface area contributed by atoms with E-state index >= 15 is 0 Å². The number of nitrogens with zero attached hydrogens (tertiary/aromatic N) is 3. The molecule has 3 aromatic rings. The Kier molecular flexibility index (Phi) is 6.36. The molecule has 7 nitrogen and oxygen atoms in total. The highest BCUT2D eigenvalue weighted by molar-refractivity contribution is 6.31. The second-order valence-corrected chi connectivity index (χ2v) is 7.00. The normalized spacial score (nSPS) is 12.0. The molecule has 14 heteroatoms. The molecule has 0 fully saturated rings. The predicted molar refractivity (Wildman–Crippen MR) is 105 cm³/mol. The van der Waals surface area contributed by atoms with Crippen molar-refractivity contribution < 1.29 is 31.3 Å². The van der Waals surface area contributed by atoms with Crippen molar-refractivity contribution in [3.63, 3.8) is 0 Å². The third kappa shape index (κ3) is 5.42. The second-order valence-electron chi connectivity index (χ2n) is 6.59. The molecule has 0 amide bonds. The van der Waals surface area contributed by atoms with Crippen LogP contribution in [0.5, 0.6) is 0 Å². The summed E-state index contributed by atoms with van der Waals surface area (Å²) in [5.41, 5.74) is -5.49. The Morgan fingerprint density at radius 3 is 2.27 bits per heavy atom. The van der Waals surface area contributed by atoms with Gasteiger partial charge in [0, 0.05) is 17.2 Å². The summed E-state index contributed by atoms with van der Waals surface area (Å²) < 4.78 is 79.1. The van der Waals surface area contributed by atoms with Crippen LogP contribution in [-0.2, 0) is 18.9 Å². The summed E-state index contributed by atoms with van der Waals surface area (Å²) in [5, 5.41) is 13.7. The number of benzene rings is 2. The monoisotopic (exact) mass is 492 g/mol. The number of alkyl halides is 6. The van der Waals surface area contributed by atoms with Crippen LogP contribution in [0.3, 0.4) is 0 Å². The Morgan fingerprint density at radius 2 is 1.70 bits per heavy atom. The van der Waals surface area contributed by atoms with E-state index in [4.69, 9.17) is 11.6 Å². The summed E-state index contributed by atoms with van der Waals surface area (Å²) in [5.74, 6) is -0.780. The number of nitro groups is 1. The van der Waals surface area contributed by atoms with Gasteiger partial charge in [0.2, 0.25) is 5.95 Å². The largest absolute Gasteiger partial charge is 0.433 e. The van der Waals surface area contributed by atoms with Gasteiger partial charge in [-0.1, -0.05) is 29.8 Å². The molecule has 3 rings (SSSR count). The first-order valence-corrected chi connectivity index (χ1v) is 9.20. The molecule has 0 bridgehead atoms. The Hall–Kier alpha value is -3.61. The number of aromatic nitrogens is 2. The average molecular weight is 493 g/mol. The maximum absolute atomic E-state index is 13.2. The number of hydrogen-bond donors (Lipinski definition) is 1. The van der Waals surface area contributed by atoms with Crippen LogP contribution in [-0.4, -0.2) is 14.5 Å². The lowest BCUT2D eigenvalue weighted by atomic mass is 10.1. The fourth-order valence-electron chi connectivity index (χ4n) is 2.78. The molecule has 1 aromatic heterocycles. The van der Waals surface area contributed by atoms with E-state index in [-0.39, 0.29) is 23.7 Å². The van der Waals surface area contributed by atoms with Crippen molar-refractivity contribution >= 4 is 28.9 Å². The van der Waals surface area contributed by atoms with E-state index in [2.05, 4.69) is 10.3 Å². The molecule has 0 saturated carbocycles. The first kappa shape index (κ1) is 24.0. The van der Waals surface area contributed by atoms with Gasteiger partial charge in [0.1, 0.15) is 5.69 Å². The molecule has 174 valence electrons. The molecule has 0 atom stereocenters. The lowest BCUT2D eigenvalue weighted by Crippen LogP contribution is -2.27. The molecule has 1 heterocycles. The number of anilines is 2. The highest BCUT2D eigenvalue weighted by Gasteiger charge is 2.35. The van der Waals surface area contributed by atoms with E-state index in [1.165, 1.54) is 12.1 Å². The molecule has 2 aromatic carbocycles. The molecule has 1 N–H and O–H groups in total. The Balaban J connectivity index is 2.17. The Labute approximate surface area is 185 Å². The molecule has 0 radical (unpaired) electrons. The second kappa shape index (κ2) is 8.73. The SMILES string of the molecule is O=c1cc(C(F)(F)F)nc(Nc2ccc(C(F)(F)F)cc2[N+](=O)[O-])n1Cc1ccccc1Cl. The van der Waals surface area contributed by atoms with Crippen LogP contribution in [0.1, 0.15) is 16.8 Å². The minimum atomic E-state index is -5.04. The molecule has 0 aliphatic rings. The summed E-state index contributed by atoms with van der Waals surface area (Å²) in [4.78, 5) is 26.0. The zero-order valence-corrected chi connectivity index (χ0v) is 16.8. The number of rotatable bonds is 5. The van der Waals surface area contributed by atoms with E-state index < -0.39 is 51.4 Å². The van der Waals surface area contributed by atoms with Crippen molar-refractivity contribution in [2.24, 2.45) is 0 Å². The standard InChI is InChI=1S/C19H11ClF6N4O3/c20-12-4-2-1-3-10(12)9-29-16(31)8-15(19(24,25)26)28-17(29)27-13-6-5-11(18(21,22)23)7-14(13)30(32)33/h1-8H,9H2,(H,27,28). The molecule has 0 aliphatic heterocycles. The van der Waals surface area contributed by atoms with Gasteiger partial charge in [0.25, 0.3) is 11.2 Å². The molecule has 0 aliphatic carbocycles. The van der Waals surface area contributed by atoms with E-state index in [0.29, 0.717) is 17.7 Å². The van der Waals surface area contributed by atoms with Crippen LogP contribution in [0.15, 0.2) is 53.3 Å². The van der Waals surface area contributed by atoms with Gasteiger partial charge >= 0.3 is 12.4 Å². The van der Waals surface area contributed by atoms with Crippen LogP contribution in [0.2, 0.25) is 5.02 Å². The van der Waals surface area contributed by atoms with Crippen molar-refractivity contribution in [1.29, 1.82) is 0 Å². The Morgan fingerprint density at radius 1 is 1.03 bits per heavy atom. The average Bonchev–Trinajstić information content (AvgIpc) is 2.70. The maximum Gasteiger partial charge on any atom is 0.433 e. The summed E-state index contributed by atoms with van der Waals surface area (Å²) in [6.07, 6.45) is -9.94. The third-order valence-corrected chi connectivity index (χ3v) is 4.72. The minimum Gasteiger partial charge on any atom is -0.320 e. The first-order chi connectivity index (χ1) is 15.3. The van der Waals surface area contributed by atoms with Crippen LogP contribution in [0.4, 0.5) is 43.7 Å². The number of hydrogen-bond acceptors (Lipinski definition) is 5. The fourth-order valence-corrected chi connectivity index (χ4v) is 2.98. The van der Waals surface area contributed by atoms with Crippen LogP contribution >= 0.6 is 11.6 Å². The zero-order valence-electron chi connectivity index (χ0n) is 16.0. The predicted octanol–water partition coefficient (Wildman–Crippen LogP) is 5.63. The van der Waals surface area contributed by atoms with Gasteiger partial charge < -0.3 is 5.32 Å². The van der Waals surface area contributed by atoms with Crippen molar-refractivity contribution in [1.82, 2.24) is 9.55 Å². The van der Waals surface area contributed by atoms with Gasteiger partial charge in [0.15, 0.2) is 5.69 Å². The summed E-state index contributed by atoms with van der Waals surface area (Å²) in [7, 11) is 0. The van der Waals surface area contributed by atoms with Gasteiger partial charge in [-0.05, 0) is 23.8 Å². The first-order valence-electron chi connectivity index (χ1n) is 8.82. The van der Waals surface area contributed by atoms with E-state index in [9.17, 15) is 41.3 Å². The minimum absolute atomic E-state index is 0.177. The van der Waals surface area contributed by atoms with Crippen molar-refractivity contribution in [3.8, 4) is 0 Å². The van der Waals surface area contributed by atoms with Crippen molar-refractivity contribution in [2.75, 3.05) is 5.32 Å². The smallest absolute Gasteiger partial charge is 0.320 e. The third-order valence-electron chi connectivity index (χ3n) is 4.35. The van der Waals surface area contributed by atoms with Crippen LogP contribution in [0, 0.1) is 10.1 Å². The molecule has 0 spiro atoms. The van der Waals surface area contributed by atoms with E-state index in [0.717, 1.165) is 4.57 Å². The fraction of sp³-hybridized carbons (Fsp3) is 0.158. The van der Waals surface area contributed by atoms with Crippen molar-refractivity contribution in [2.45, 2.75) is 18.9 Å². The van der Waals surface area contributed by atoms with Crippen molar-refractivity contribution in [3.05, 3.63) is 90.8 Å². The summed E-state index contributed by atoms with van der Waals surface area (Å²) >= 11 is 6.04. The number of nitrogens with one attached hydrogen (secondary N) is 1. The Bertz CT molecular complexity index is 1270. The molecule has 0 unspecified atom stereocenters. The van der Waals surface area contributed by atoms with Gasteiger partial charge in [-0.3, -0.25) is 19.5 Å². The maximum atomic E-state index is 13.2. The topological polar surface area (TPSA) is 90.1 Å². The van der Waals surface area contributed by atoms with Gasteiger partial charge in [0.05, 0.1) is 17.0 Å². The van der Waals surface area contributed by atoms with Gasteiger partial charge in [-0.25, -0.2) is 4.98 Å². The van der Waals surface area contributed by atoms with Crippen LogP contribution in [0.25, 0.3) is 0 Å². The van der Waals surface area contributed by atoms with Gasteiger partial charge in [-0.15, -0.1) is 0 Å². The molecule has 0 saturated heterocycles. The quantitative estimate of drug-likeness (QED) is 0.283. The van der Waals surface area contributed by atoms with E-state index in [1.807, 2.05) is 0 Å². The lowest BCUT2D eigenvalue weighted by molar-refractivity contribution is -0.384. The number of halogens is 7. The lowest BCUT2D eigenvalue weighted by Gasteiger charge is -2.17. The molecular weight excluding hydrogens is 482 g/mol. The highest BCUT2D eigenvalue weighted by Crippen LogP contribution is 2.36. The van der Waals surface area contributed by atoms with Crippen LogP contribution < -0.4 is 10.9 Å². The summed E-state index contributed by atoms with van der Waals surface area (Å²) in [6, 6.07) is 7.67. The summed E-state index contributed by atoms with van der Waals surface area (Å²) in [6.45, 7) is -0.375. The van der Waals surface area contributed by atoms with Gasteiger partial charge in [-0.2, -0.15) is 26.3 Å². The number of nitro benzene ring substituents is 1. The molecule has 33 heavy (non-hydrogen) atoms. The highest BCUT2D eigenvalue weighted by atomic mass is 35.5. The zero-order chi connectivity index (χ0) is 24.6.